The van der Waals surface area contributed by atoms with E-state index in [2.05, 4.69) is 10.1 Å². The van der Waals surface area contributed by atoms with Gasteiger partial charge in [0.1, 0.15) is 12.0 Å². The summed E-state index contributed by atoms with van der Waals surface area (Å²) >= 11 is 0. The number of hydrogen-bond acceptors (Lipinski definition) is 4. The maximum atomic E-state index is 5.89. The minimum Gasteiger partial charge on any atom is -0.443 e. The van der Waals surface area contributed by atoms with Crippen molar-refractivity contribution < 1.29 is 4.42 Å². The second-order valence-electron chi connectivity index (χ2n) is 3.00. The van der Waals surface area contributed by atoms with E-state index < -0.39 is 0 Å². The van der Waals surface area contributed by atoms with Gasteiger partial charge in [0.2, 0.25) is 5.89 Å². The van der Waals surface area contributed by atoms with Gasteiger partial charge in [-0.05, 0) is 13.8 Å². The average Bonchev–Trinajstić information content (AvgIpc) is 2.76. The molecular formula is C9H12N4O. The number of aryl methyl sites for hydroxylation is 2. The van der Waals surface area contributed by atoms with Crippen LogP contribution in [0.25, 0.3) is 11.6 Å². The lowest BCUT2D eigenvalue weighted by Gasteiger charge is -2.00. The van der Waals surface area contributed by atoms with Gasteiger partial charge in [-0.1, -0.05) is 0 Å². The third-order valence-electron chi connectivity index (χ3n) is 2.11. The first-order chi connectivity index (χ1) is 6.74. The Balaban J connectivity index is 2.61. The quantitative estimate of drug-likeness (QED) is 0.781. The fraction of sp³-hybridized carbons (Fsp3) is 0.333. The fourth-order valence-corrected chi connectivity index (χ4v) is 1.39. The van der Waals surface area contributed by atoms with E-state index in [-0.39, 0.29) is 0 Å². The summed E-state index contributed by atoms with van der Waals surface area (Å²) in [5.74, 6) is 0.518. The summed E-state index contributed by atoms with van der Waals surface area (Å²) < 4.78 is 6.99. The Bertz CT molecular complexity index is 430. The van der Waals surface area contributed by atoms with Crippen molar-refractivity contribution in [2.75, 3.05) is 5.73 Å². The number of aromatic nitrogens is 3. The molecule has 0 radical (unpaired) electrons. The van der Waals surface area contributed by atoms with Gasteiger partial charge in [0.05, 0.1) is 17.6 Å². The molecule has 0 aromatic carbocycles. The Hall–Kier alpha value is -1.78. The van der Waals surface area contributed by atoms with E-state index >= 15 is 0 Å². The Kier molecular flexibility index (Phi) is 1.99. The monoisotopic (exact) mass is 192 g/mol. The Morgan fingerprint density at radius 3 is 2.93 bits per heavy atom. The molecule has 0 bridgehead atoms. The van der Waals surface area contributed by atoms with Crippen LogP contribution in [0.1, 0.15) is 12.6 Å². The van der Waals surface area contributed by atoms with Crippen LogP contribution in [0.2, 0.25) is 0 Å². The summed E-state index contributed by atoms with van der Waals surface area (Å²) in [6, 6.07) is 0. The Labute approximate surface area is 81.5 Å². The van der Waals surface area contributed by atoms with Gasteiger partial charge in [0, 0.05) is 6.54 Å². The van der Waals surface area contributed by atoms with Crippen molar-refractivity contribution in [3.05, 3.63) is 18.2 Å². The van der Waals surface area contributed by atoms with E-state index in [0.29, 0.717) is 11.6 Å². The van der Waals surface area contributed by atoms with Gasteiger partial charge in [-0.25, -0.2) is 4.98 Å². The predicted octanol–water partition coefficient (Wildman–Crippen LogP) is 1.45. The number of nitrogen functional groups attached to an aromatic ring is 1. The Morgan fingerprint density at radius 2 is 2.36 bits per heavy atom. The molecule has 0 atom stereocenters. The molecule has 2 heterocycles. The lowest BCUT2D eigenvalue weighted by molar-refractivity contribution is 0.557. The summed E-state index contributed by atoms with van der Waals surface area (Å²) in [4.78, 5) is 4.06. The number of hydrogen-bond donors (Lipinski definition) is 1. The van der Waals surface area contributed by atoms with Gasteiger partial charge < -0.3 is 10.2 Å². The topological polar surface area (TPSA) is 69.9 Å². The van der Waals surface area contributed by atoms with Crippen LogP contribution >= 0.6 is 0 Å². The highest BCUT2D eigenvalue weighted by Crippen LogP contribution is 2.26. The lowest BCUT2D eigenvalue weighted by Crippen LogP contribution is -2.00. The van der Waals surface area contributed by atoms with Crippen molar-refractivity contribution in [2.45, 2.75) is 20.4 Å². The molecule has 14 heavy (non-hydrogen) atoms. The molecule has 0 saturated carbocycles. The number of anilines is 1. The highest BCUT2D eigenvalue weighted by atomic mass is 16.3. The molecule has 0 aliphatic carbocycles. The van der Waals surface area contributed by atoms with Crippen LogP contribution in [-0.4, -0.2) is 14.8 Å². The second kappa shape index (κ2) is 3.17. The SMILES string of the molecule is CCn1nc(C)c(N)c1-c1ncco1. The smallest absolute Gasteiger partial charge is 0.246 e. The van der Waals surface area contributed by atoms with E-state index in [1.165, 1.54) is 6.26 Å². The minimum atomic E-state index is 0.518. The number of nitrogens with two attached hydrogens (primary N) is 1. The number of rotatable bonds is 2. The van der Waals surface area contributed by atoms with Crippen molar-refractivity contribution in [1.29, 1.82) is 0 Å². The van der Waals surface area contributed by atoms with Crippen LogP contribution in [0.4, 0.5) is 5.69 Å². The van der Waals surface area contributed by atoms with Gasteiger partial charge in [-0.15, -0.1) is 0 Å². The fourth-order valence-electron chi connectivity index (χ4n) is 1.39. The first-order valence-corrected chi connectivity index (χ1v) is 4.46. The molecule has 0 amide bonds. The Morgan fingerprint density at radius 1 is 1.57 bits per heavy atom. The van der Waals surface area contributed by atoms with Gasteiger partial charge in [0.15, 0.2) is 0 Å². The molecule has 74 valence electrons. The van der Waals surface area contributed by atoms with Crippen molar-refractivity contribution in [3.8, 4) is 11.6 Å². The zero-order valence-electron chi connectivity index (χ0n) is 8.19. The molecule has 0 spiro atoms. The molecule has 0 aliphatic heterocycles. The zero-order valence-corrected chi connectivity index (χ0v) is 8.19. The van der Waals surface area contributed by atoms with Gasteiger partial charge in [0.25, 0.3) is 0 Å². The van der Waals surface area contributed by atoms with E-state index in [4.69, 9.17) is 10.2 Å². The van der Waals surface area contributed by atoms with E-state index in [0.717, 1.165) is 17.9 Å². The largest absolute Gasteiger partial charge is 0.443 e. The molecule has 0 unspecified atom stereocenters. The van der Waals surface area contributed by atoms with Crippen LogP contribution in [0.15, 0.2) is 16.9 Å². The molecule has 2 N–H and O–H groups in total. The highest BCUT2D eigenvalue weighted by Gasteiger charge is 2.16. The molecule has 2 aromatic heterocycles. The first kappa shape index (κ1) is 8.80. The summed E-state index contributed by atoms with van der Waals surface area (Å²) in [5.41, 5.74) is 8.09. The van der Waals surface area contributed by atoms with Crippen molar-refractivity contribution in [1.82, 2.24) is 14.8 Å². The maximum Gasteiger partial charge on any atom is 0.246 e. The van der Waals surface area contributed by atoms with Gasteiger partial charge in [-0.3, -0.25) is 4.68 Å². The average molecular weight is 192 g/mol. The zero-order chi connectivity index (χ0) is 10.1. The van der Waals surface area contributed by atoms with Crippen LogP contribution in [0.5, 0.6) is 0 Å². The third-order valence-corrected chi connectivity index (χ3v) is 2.11. The highest BCUT2D eigenvalue weighted by molar-refractivity contribution is 5.68. The van der Waals surface area contributed by atoms with Gasteiger partial charge in [-0.2, -0.15) is 5.10 Å². The molecular weight excluding hydrogens is 180 g/mol. The number of oxazole rings is 1. The standard InChI is InChI=1S/C9H12N4O/c1-3-13-8(7(10)6(2)12-13)9-11-4-5-14-9/h4-5H,3,10H2,1-2H3. The van der Waals surface area contributed by atoms with Crippen molar-refractivity contribution in [3.63, 3.8) is 0 Å². The number of nitrogens with zero attached hydrogens (tertiary/aromatic N) is 3. The summed E-state index contributed by atoms with van der Waals surface area (Å²) in [6.07, 6.45) is 3.12. The molecule has 0 saturated heterocycles. The van der Waals surface area contributed by atoms with Gasteiger partial charge >= 0.3 is 0 Å². The van der Waals surface area contributed by atoms with E-state index in [9.17, 15) is 0 Å². The molecule has 2 aromatic rings. The second-order valence-corrected chi connectivity index (χ2v) is 3.00. The minimum absolute atomic E-state index is 0.518. The van der Waals surface area contributed by atoms with Crippen LogP contribution < -0.4 is 5.73 Å². The van der Waals surface area contributed by atoms with E-state index in [1.807, 2.05) is 13.8 Å². The van der Waals surface area contributed by atoms with Crippen LogP contribution in [0, 0.1) is 6.92 Å². The molecule has 2 rings (SSSR count). The molecule has 0 fully saturated rings. The summed E-state index contributed by atoms with van der Waals surface area (Å²) in [5, 5.41) is 4.28. The van der Waals surface area contributed by atoms with Crippen LogP contribution in [0.3, 0.4) is 0 Å². The normalized spacial score (nSPS) is 10.7. The summed E-state index contributed by atoms with van der Waals surface area (Å²) in [7, 11) is 0. The third kappa shape index (κ3) is 1.17. The first-order valence-electron chi connectivity index (χ1n) is 4.46. The summed E-state index contributed by atoms with van der Waals surface area (Å²) in [6.45, 7) is 4.61. The maximum absolute atomic E-state index is 5.89. The van der Waals surface area contributed by atoms with Crippen LogP contribution in [-0.2, 0) is 6.54 Å². The predicted molar refractivity (Wildman–Crippen MR) is 52.5 cm³/mol. The molecule has 0 aliphatic rings. The van der Waals surface area contributed by atoms with Crippen molar-refractivity contribution >= 4 is 5.69 Å². The lowest BCUT2D eigenvalue weighted by atomic mass is 10.3. The van der Waals surface area contributed by atoms with E-state index in [1.54, 1.807) is 10.9 Å². The molecule has 5 nitrogen and oxygen atoms in total. The van der Waals surface area contributed by atoms with Crippen molar-refractivity contribution in [2.24, 2.45) is 0 Å². The molecule has 5 heteroatoms.